The van der Waals surface area contributed by atoms with Crippen molar-refractivity contribution in [2.75, 3.05) is 0 Å². The molecule has 4 aromatic rings. The van der Waals surface area contributed by atoms with Crippen molar-refractivity contribution in [1.29, 1.82) is 0 Å². The van der Waals surface area contributed by atoms with Crippen LogP contribution in [-0.4, -0.2) is 16.6 Å². The Bertz CT molecular complexity index is 1280. The minimum Gasteiger partial charge on any atom is -0.442 e. The maximum absolute atomic E-state index is 12.9. The van der Waals surface area contributed by atoms with Gasteiger partial charge in [-0.25, -0.2) is 4.98 Å². The first-order valence-corrected chi connectivity index (χ1v) is 11.2. The van der Waals surface area contributed by atoms with Crippen molar-refractivity contribution in [2.24, 2.45) is 0 Å². The van der Waals surface area contributed by atoms with Gasteiger partial charge in [0.25, 0.3) is 0 Å². The average molecular weight is 413 g/mol. The van der Waals surface area contributed by atoms with E-state index in [0.717, 1.165) is 21.2 Å². The van der Waals surface area contributed by atoms with E-state index in [9.17, 15) is 9.59 Å². The zero-order chi connectivity index (χ0) is 20.2. The van der Waals surface area contributed by atoms with Crippen LogP contribution in [0.2, 0.25) is 0 Å². The van der Waals surface area contributed by atoms with Gasteiger partial charge in [0.15, 0.2) is 11.6 Å². The molecule has 148 valence electrons. The molecule has 2 aliphatic carbocycles. The number of hydrogen-bond donors (Lipinski definition) is 0. The van der Waals surface area contributed by atoms with E-state index >= 15 is 0 Å². The number of carbonyl (C=O) groups excluding carboxylic acids is 2. The van der Waals surface area contributed by atoms with Gasteiger partial charge in [0, 0.05) is 17.0 Å². The summed E-state index contributed by atoms with van der Waals surface area (Å²) in [6, 6.07) is 13.5. The molecular formula is C25H19NO3S. The molecule has 1 saturated carbocycles. The van der Waals surface area contributed by atoms with E-state index in [4.69, 9.17) is 4.42 Å². The van der Waals surface area contributed by atoms with Gasteiger partial charge < -0.3 is 4.42 Å². The first kappa shape index (κ1) is 17.8. The van der Waals surface area contributed by atoms with Crippen LogP contribution >= 0.6 is 11.3 Å². The predicted octanol–water partition coefficient (Wildman–Crippen LogP) is 6.55. The number of allylic oxidation sites excluding steroid dienone is 1. The van der Waals surface area contributed by atoms with Gasteiger partial charge in [0.05, 0.1) is 10.3 Å². The molecule has 0 atom stereocenters. The molecule has 1 fully saturated rings. The summed E-state index contributed by atoms with van der Waals surface area (Å²) >= 11 is 1.47. The Hall–Kier alpha value is -3.05. The molecule has 0 bridgehead atoms. The van der Waals surface area contributed by atoms with Gasteiger partial charge in [0.1, 0.15) is 10.8 Å². The second kappa shape index (κ2) is 6.74. The Kier molecular flexibility index (Phi) is 4.00. The quantitative estimate of drug-likeness (QED) is 0.276. The number of Topliss-reactive ketones (excluding diaryl/α,β-unsaturated/α-hetero) is 2. The standard InChI is InChI=1S/C25H19NO3S/c27-23-17-10-15-8-4-5-9-16(15)11-18(17)24(28)19(23)12-22-26-25-21(30-22)13-20(29-25)14-6-2-1-3-7-14/h4-5,8-14H,1-3,6-7H2. The van der Waals surface area contributed by atoms with Crippen molar-refractivity contribution in [3.05, 3.63) is 69.9 Å². The van der Waals surface area contributed by atoms with Gasteiger partial charge in [-0.3, -0.25) is 9.59 Å². The van der Waals surface area contributed by atoms with Crippen LogP contribution in [0.25, 0.3) is 27.3 Å². The summed E-state index contributed by atoms with van der Waals surface area (Å²) < 4.78 is 7.00. The van der Waals surface area contributed by atoms with Gasteiger partial charge in [-0.15, -0.1) is 11.3 Å². The third-order valence-electron chi connectivity index (χ3n) is 6.26. The van der Waals surface area contributed by atoms with Gasteiger partial charge in [0.2, 0.25) is 5.71 Å². The van der Waals surface area contributed by atoms with Crippen molar-refractivity contribution in [1.82, 2.24) is 4.98 Å². The largest absolute Gasteiger partial charge is 0.442 e. The lowest BCUT2D eigenvalue weighted by Crippen LogP contribution is -2.02. The van der Waals surface area contributed by atoms with Crippen molar-refractivity contribution in [3.8, 4) is 0 Å². The molecule has 2 aromatic heterocycles. The number of thiazole rings is 1. The van der Waals surface area contributed by atoms with E-state index in [1.165, 1.54) is 43.4 Å². The highest BCUT2D eigenvalue weighted by molar-refractivity contribution is 7.19. The molecule has 0 N–H and O–H groups in total. The van der Waals surface area contributed by atoms with Crippen molar-refractivity contribution < 1.29 is 14.0 Å². The zero-order valence-corrected chi connectivity index (χ0v) is 17.1. The van der Waals surface area contributed by atoms with E-state index in [1.807, 2.05) is 36.4 Å². The van der Waals surface area contributed by atoms with Crippen LogP contribution < -0.4 is 0 Å². The molecule has 6 rings (SSSR count). The van der Waals surface area contributed by atoms with Gasteiger partial charge in [-0.05, 0) is 47.9 Å². The Morgan fingerprint density at radius 1 is 0.933 bits per heavy atom. The molecule has 4 nitrogen and oxygen atoms in total. The number of ketones is 2. The molecule has 0 unspecified atom stereocenters. The fourth-order valence-electron chi connectivity index (χ4n) is 4.68. The predicted molar refractivity (Wildman–Crippen MR) is 118 cm³/mol. The van der Waals surface area contributed by atoms with E-state index in [1.54, 1.807) is 6.08 Å². The van der Waals surface area contributed by atoms with Gasteiger partial charge in [-0.1, -0.05) is 43.5 Å². The third kappa shape index (κ3) is 2.76. The summed E-state index contributed by atoms with van der Waals surface area (Å²) in [4.78, 5) is 30.4. The molecule has 0 spiro atoms. The Balaban J connectivity index is 1.35. The van der Waals surface area contributed by atoms with E-state index in [0.29, 0.717) is 27.8 Å². The molecule has 2 aromatic carbocycles. The summed E-state index contributed by atoms with van der Waals surface area (Å²) in [6.07, 6.45) is 7.78. The number of aromatic nitrogens is 1. The Morgan fingerprint density at radius 2 is 1.60 bits per heavy atom. The Morgan fingerprint density at radius 3 is 2.23 bits per heavy atom. The smallest absolute Gasteiger partial charge is 0.237 e. The second-order valence-electron chi connectivity index (χ2n) is 8.17. The summed E-state index contributed by atoms with van der Waals surface area (Å²) in [7, 11) is 0. The monoisotopic (exact) mass is 413 g/mol. The molecule has 2 heterocycles. The number of benzene rings is 2. The molecule has 0 amide bonds. The summed E-state index contributed by atoms with van der Waals surface area (Å²) in [5.74, 6) is 1.06. The lowest BCUT2D eigenvalue weighted by Gasteiger charge is -2.18. The molecule has 2 aliphatic rings. The van der Waals surface area contributed by atoms with Crippen molar-refractivity contribution >= 4 is 50.2 Å². The van der Waals surface area contributed by atoms with Crippen LogP contribution in [0.1, 0.15) is 69.5 Å². The fourth-order valence-corrected chi connectivity index (χ4v) is 5.56. The fraction of sp³-hybridized carbons (Fsp3) is 0.240. The Labute approximate surface area is 177 Å². The van der Waals surface area contributed by atoms with Gasteiger partial charge in [-0.2, -0.15) is 0 Å². The second-order valence-corrected chi connectivity index (χ2v) is 9.23. The average Bonchev–Trinajstić information content (AvgIpc) is 3.41. The SMILES string of the molecule is O=C1C(=Cc2nc3oc(C4CCCCC4)cc3s2)C(=O)c2cc3ccccc3cc21. The lowest BCUT2D eigenvalue weighted by atomic mass is 9.88. The number of carbonyl (C=O) groups is 2. The topological polar surface area (TPSA) is 60.2 Å². The van der Waals surface area contributed by atoms with E-state index in [2.05, 4.69) is 11.1 Å². The number of nitrogens with zero attached hydrogens (tertiary/aromatic N) is 1. The first-order chi connectivity index (χ1) is 14.7. The maximum Gasteiger partial charge on any atom is 0.237 e. The maximum atomic E-state index is 12.9. The van der Waals surface area contributed by atoms with Crippen LogP contribution in [-0.2, 0) is 0 Å². The number of hydrogen-bond acceptors (Lipinski definition) is 5. The van der Waals surface area contributed by atoms with E-state index < -0.39 is 0 Å². The highest BCUT2D eigenvalue weighted by Gasteiger charge is 2.33. The molecule has 0 aliphatic heterocycles. The van der Waals surface area contributed by atoms with Crippen LogP contribution in [0.3, 0.4) is 0 Å². The molecule has 30 heavy (non-hydrogen) atoms. The number of rotatable bonds is 2. The van der Waals surface area contributed by atoms with Crippen molar-refractivity contribution in [3.63, 3.8) is 0 Å². The lowest BCUT2D eigenvalue weighted by molar-refractivity contribution is 0.0990. The van der Waals surface area contributed by atoms with Gasteiger partial charge >= 0.3 is 0 Å². The summed E-state index contributed by atoms with van der Waals surface area (Å²) in [5.41, 5.74) is 1.74. The molecule has 0 saturated heterocycles. The summed E-state index contributed by atoms with van der Waals surface area (Å²) in [6.45, 7) is 0. The normalized spacial score (nSPS) is 17.3. The minimum atomic E-state index is -0.226. The van der Waals surface area contributed by atoms with Crippen molar-refractivity contribution in [2.45, 2.75) is 38.0 Å². The molecular weight excluding hydrogens is 394 g/mol. The molecule has 5 heteroatoms. The minimum absolute atomic E-state index is 0.184. The highest BCUT2D eigenvalue weighted by atomic mass is 32.1. The van der Waals surface area contributed by atoms with E-state index in [-0.39, 0.29) is 17.1 Å². The number of furan rings is 1. The number of fused-ring (bicyclic) bond motifs is 3. The highest BCUT2D eigenvalue weighted by Crippen LogP contribution is 2.38. The first-order valence-electron chi connectivity index (χ1n) is 10.4. The third-order valence-corrected chi connectivity index (χ3v) is 7.20. The van der Waals surface area contributed by atoms with Crippen LogP contribution in [0.4, 0.5) is 0 Å². The molecule has 0 radical (unpaired) electrons. The zero-order valence-electron chi connectivity index (χ0n) is 16.3. The van der Waals surface area contributed by atoms with Crippen LogP contribution in [0.5, 0.6) is 0 Å². The van der Waals surface area contributed by atoms with Crippen LogP contribution in [0.15, 0.2) is 52.5 Å². The van der Waals surface area contributed by atoms with Crippen LogP contribution in [0, 0.1) is 0 Å². The summed E-state index contributed by atoms with van der Waals surface area (Å²) in [5, 5.41) is 2.55.